The van der Waals surface area contributed by atoms with Crippen molar-refractivity contribution in [3.05, 3.63) is 54.6 Å². The molecule has 1 atom stereocenters. The number of likely N-dealkylation sites (tertiary alicyclic amines) is 1. The summed E-state index contributed by atoms with van der Waals surface area (Å²) in [5.74, 6) is 1.44. The summed E-state index contributed by atoms with van der Waals surface area (Å²) in [7, 11) is 0. The topological polar surface area (TPSA) is 101 Å². The number of anilines is 3. The van der Waals surface area contributed by atoms with Crippen LogP contribution in [-0.4, -0.2) is 68.0 Å². The number of aromatic nitrogens is 5. The Kier molecular flexibility index (Phi) is 7.62. The lowest BCUT2D eigenvalue weighted by molar-refractivity contribution is 0.144. The van der Waals surface area contributed by atoms with Gasteiger partial charge in [0.25, 0.3) is 0 Å². The number of alkyl halides is 1. The van der Waals surface area contributed by atoms with Crippen LogP contribution in [-0.2, 0) is 6.54 Å². The molecule has 3 N–H and O–H groups in total. The van der Waals surface area contributed by atoms with Crippen LogP contribution in [0.5, 0.6) is 0 Å². The molecule has 40 heavy (non-hydrogen) atoms. The lowest BCUT2D eigenvalue weighted by Gasteiger charge is -2.34. The van der Waals surface area contributed by atoms with Gasteiger partial charge in [0.2, 0.25) is 0 Å². The molecule has 2 aliphatic rings. The number of nitrogens with zero attached hydrogens (tertiary/aromatic N) is 7. The Morgan fingerprint density at radius 2 is 1.85 bits per heavy atom. The van der Waals surface area contributed by atoms with E-state index in [-0.39, 0.29) is 12.1 Å². The van der Waals surface area contributed by atoms with Crippen molar-refractivity contribution in [2.45, 2.75) is 64.3 Å². The van der Waals surface area contributed by atoms with Crippen molar-refractivity contribution in [3.8, 4) is 11.1 Å². The predicted octanol–water partition coefficient (Wildman–Crippen LogP) is 5.07. The van der Waals surface area contributed by atoms with Gasteiger partial charge in [-0.25, -0.2) is 19.0 Å². The normalized spacial score (nSPS) is 19.0. The van der Waals surface area contributed by atoms with E-state index in [2.05, 4.69) is 52.3 Å². The Labute approximate surface area is 234 Å². The fraction of sp³-hybridized carbons (Fsp3) is 0.467. The zero-order chi connectivity index (χ0) is 27.6. The van der Waals surface area contributed by atoms with Crippen molar-refractivity contribution in [2.24, 2.45) is 5.73 Å². The summed E-state index contributed by atoms with van der Waals surface area (Å²) < 4.78 is 15.5. The molecule has 10 heteroatoms. The number of piperidine rings is 2. The minimum Gasteiger partial charge on any atom is -0.369 e. The Balaban J connectivity index is 1.27. The van der Waals surface area contributed by atoms with Gasteiger partial charge in [-0.15, -0.1) is 0 Å². The van der Waals surface area contributed by atoms with Crippen molar-refractivity contribution in [1.82, 2.24) is 29.6 Å². The van der Waals surface area contributed by atoms with Gasteiger partial charge in [0.1, 0.15) is 17.8 Å². The number of nitrogens with two attached hydrogens (primary N) is 1. The maximum atomic E-state index is 13.5. The standard InChI is InChI=1S/C30H38FN9/c1-20(2)40-30-22(16-35-40)6-8-28(37-30)36-29-14-27(39-11-3-4-24(32)18-39)26(17-34-29)21-5-7-25(33-15-21)19-38-12-9-23(31)10-13-38/h5-8,14-17,20,23-24H,3-4,9-13,18-19,32H2,1-2H3,(H,34,36,37)/t24-/m0/s1. The van der Waals surface area contributed by atoms with Crippen molar-refractivity contribution in [2.75, 3.05) is 36.4 Å². The fourth-order valence-electron chi connectivity index (χ4n) is 5.69. The number of fused-ring (bicyclic) bond motifs is 1. The van der Waals surface area contributed by atoms with E-state index in [0.717, 1.165) is 90.7 Å². The highest BCUT2D eigenvalue weighted by molar-refractivity contribution is 5.81. The average Bonchev–Trinajstić information content (AvgIpc) is 3.39. The molecule has 0 radical (unpaired) electrons. The van der Waals surface area contributed by atoms with Gasteiger partial charge < -0.3 is 16.0 Å². The Bertz CT molecular complexity index is 1440. The second kappa shape index (κ2) is 11.5. The number of hydrogen-bond donors (Lipinski definition) is 2. The molecular formula is C30H38FN9. The van der Waals surface area contributed by atoms with E-state index in [1.807, 2.05) is 35.4 Å². The van der Waals surface area contributed by atoms with Gasteiger partial charge in [0.15, 0.2) is 5.65 Å². The first-order valence-corrected chi connectivity index (χ1v) is 14.4. The summed E-state index contributed by atoms with van der Waals surface area (Å²) in [4.78, 5) is 19.0. The van der Waals surface area contributed by atoms with Crippen LogP contribution >= 0.6 is 0 Å². The first-order chi connectivity index (χ1) is 19.4. The summed E-state index contributed by atoms with van der Waals surface area (Å²) >= 11 is 0. The molecule has 6 rings (SSSR count). The van der Waals surface area contributed by atoms with Crippen LogP contribution in [0.15, 0.2) is 48.9 Å². The van der Waals surface area contributed by atoms with Crippen molar-refractivity contribution in [1.29, 1.82) is 0 Å². The third-order valence-electron chi connectivity index (χ3n) is 7.91. The van der Waals surface area contributed by atoms with Crippen LogP contribution in [0.25, 0.3) is 22.2 Å². The number of hydrogen-bond acceptors (Lipinski definition) is 8. The van der Waals surface area contributed by atoms with Crippen molar-refractivity contribution < 1.29 is 4.39 Å². The number of rotatable bonds is 7. The molecule has 0 bridgehead atoms. The van der Waals surface area contributed by atoms with E-state index in [0.29, 0.717) is 12.8 Å². The zero-order valence-electron chi connectivity index (χ0n) is 23.3. The summed E-state index contributed by atoms with van der Waals surface area (Å²) in [6.45, 7) is 8.24. The maximum absolute atomic E-state index is 13.5. The lowest BCUT2D eigenvalue weighted by atomic mass is 10.0. The molecule has 9 nitrogen and oxygen atoms in total. The molecule has 4 aromatic rings. The highest BCUT2D eigenvalue weighted by Crippen LogP contribution is 2.34. The highest BCUT2D eigenvalue weighted by Gasteiger charge is 2.22. The third kappa shape index (κ3) is 5.78. The van der Waals surface area contributed by atoms with Gasteiger partial charge in [0.05, 0.1) is 11.9 Å². The van der Waals surface area contributed by atoms with Crippen LogP contribution in [0.3, 0.4) is 0 Å². The molecule has 2 aliphatic heterocycles. The predicted molar refractivity (Wildman–Crippen MR) is 157 cm³/mol. The van der Waals surface area contributed by atoms with Crippen molar-refractivity contribution in [3.63, 3.8) is 0 Å². The molecule has 2 saturated heterocycles. The minimum absolute atomic E-state index is 0.139. The van der Waals surface area contributed by atoms with Gasteiger partial charge in [-0.3, -0.25) is 9.88 Å². The first-order valence-electron chi connectivity index (χ1n) is 14.4. The monoisotopic (exact) mass is 543 g/mol. The largest absolute Gasteiger partial charge is 0.369 e. The number of pyridine rings is 3. The van der Waals surface area contributed by atoms with E-state index in [1.54, 1.807) is 0 Å². The summed E-state index contributed by atoms with van der Waals surface area (Å²) in [5, 5.41) is 8.90. The Hall–Kier alpha value is -3.63. The third-order valence-corrected chi connectivity index (χ3v) is 7.91. The van der Waals surface area contributed by atoms with E-state index < -0.39 is 6.17 Å². The number of nitrogens with one attached hydrogen (secondary N) is 1. The Morgan fingerprint density at radius 3 is 2.60 bits per heavy atom. The molecule has 0 aromatic carbocycles. The van der Waals surface area contributed by atoms with E-state index in [1.165, 1.54) is 0 Å². The molecule has 0 aliphatic carbocycles. The van der Waals surface area contributed by atoms with E-state index in [9.17, 15) is 4.39 Å². The van der Waals surface area contributed by atoms with E-state index >= 15 is 0 Å². The Morgan fingerprint density at radius 1 is 1.00 bits per heavy atom. The minimum atomic E-state index is -0.667. The molecule has 0 unspecified atom stereocenters. The molecule has 0 spiro atoms. The van der Waals surface area contributed by atoms with Gasteiger partial charge in [-0.1, -0.05) is 6.07 Å². The highest BCUT2D eigenvalue weighted by atomic mass is 19.1. The molecular weight excluding hydrogens is 505 g/mol. The second-order valence-electron chi connectivity index (χ2n) is 11.3. The van der Waals surface area contributed by atoms with Gasteiger partial charge in [0, 0.05) is 85.5 Å². The summed E-state index contributed by atoms with van der Waals surface area (Å²) in [6, 6.07) is 10.6. The maximum Gasteiger partial charge on any atom is 0.160 e. The van der Waals surface area contributed by atoms with Crippen LogP contribution in [0.4, 0.5) is 21.7 Å². The van der Waals surface area contributed by atoms with Crippen LogP contribution in [0.2, 0.25) is 0 Å². The summed E-state index contributed by atoms with van der Waals surface area (Å²) in [5.41, 5.74) is 11.3. The lowest BCUT2D eigenvalue weighted by Crippen LogP contribution is -2.43. The molecule has 2 fully saturated rings. The average molecular weight is 544 g/mol. The van der Waals surface area contributed by atoms with Gasteiger partial charge in [-0.2, -0.15) is 5.10 Å². The fourth-order valence-corrected chi connectivity index (χ4v) is 5.69. The van der Waals surface area contributed by atoms with Crippen LogP contribution in [0, 0.1) is 0 Å². The first kappa shape index (κ1) is 26.6. The van der Waals surface area contributed by atoms with E-state index in [4.69, 9.17) is 20.7 Å². The van der Waals surface area contributed by atoms with Crippen LogP contribution < -0.4 is 16.0 Å². The van der Waals surface area contributed by atoms with Gasteiger partial charge in [-0.05, 0) is 57.7 Å². The summed E-state index contributed by atoms with van der Waals surface area (Å²) in [6.07, 6.45) is 8.32. The molecule has 6 heterocycles. The quantitative estimate of drug-likeness (QED) is 0.333. The number of halogens is 1. The molecule has 4 aromatic heterocycles. The SMILES string of the molecule is CC(C)n1ncc2ccc(Nc3cc(N4CCC[C@H](N)C4)c(-c4ccc(CN5CCC(F)CC5)nc4)cn3)nc21. The smallest absolute Gasteiger partial charge is 0.160 e. The van der Waals surface area contributed by atoms with Crippen molar-refractivity contribution >= 4 is 28.4 Å². The second-order valence-corrected chi connectivity index (χ2v) is 11.3. The molecule has 0 saturated carbocycles. The van der Waals surface area contributed by atoms with Crippen LogP contribution in [0.1, 0.15) is 51.3 Å². The molecule has 210 valence electrons. The zero-order valence-corrected chi connectivity index (χ0v) is 23.3. The molecule has 0 amide bonds. The van der Waals surface area contributed by atoms with Gasteiger partial charge >= 0.3 is 0 Å².